The zero-order valence-corrected chi connectivity index (χ0v) is 29.9. The minimum absolute atomic E-state index is 0.667. The average Bonchev–Trinajstić information content (AvgIpc) is 3.75. The van der Waals surface area contributed by atoms with Crippen LogP contribution >= 0.6 is 0 Å². The van der Waals surface area contributed by atoms with E-state index >= 15 is 0 Å². The number of nitriles is 1. The summed E-state index contributed by atoms with van der Waals surface area (Å²) in [6, 6.07) is 75.0. The van der Waals surface area contributed by atoms with Crippen molar-refractivity contribution < 1.29 is 0 Å². The first-order chi connectivity index (χ1) is 26.3. The third-order valence-electron chi connectivity index (χ3n) is 10.9. The van der Waals surface area contributed by atoms with Gasteiger partial charge in [-0.05, 0) is 81.4 Å². The molecule has 0 saturated heterocycles. The van der Waals surface area contributed by atoms with Crippen molar-refractivity contribution in [3.8, 4) is 17.4 Å². The van der Waals surface area contributed by atoms with E-state index in [0.717, 1.165) is 33.2 Å². The molecule has 10 aromatic rings. The van der Waals surface area contributed by atoms with Crippen LogP contribution in [0.25, 0.3) is 55.0 Å². The largest absolute Gasteiger partial charge is 0.309 e. The molecule has 0 spiro atoms. The highest BCUT2D eigenvalue weighted by Crippen LogP contribution is 2.34. The number of aromatic nitrogens is 2. The molecule has 0 amide bonds. The van der Waals surface area contributed by atoms with Gasteiger partial charge in [0, 0.05) is 32.9 Å². The smallest absolute Gasteiger partial charge is 0.179 e. The monoisotopic (exact) mass is 691 g/mol. The van der Waals surface area contributed by atoms with Gasteiger partial charge in [0.05, 0.1) is 33.7 Å². The van der Waals surface area contributed by atoms with E-state index in [0.29, 0.717) is 5.56 Å². The maximum absolute atomic E-state index is 9.70. The molecule has 0 saturated carbocycles. The van der Waals surface area contributed by atoms with Gasteiger partial charge in [0.25, 0.3) is 0 Å². The topological polar surface area (TPSA) is 33.6 Å². The molecule has 0 N–H and O–H groups in total. The van der Waals surface area contributed by atoms with Crippen molar-refractivity contribution in [2.75, 3.05) is 0 Å². The summed E-state index contributed by atoms with van der Waals surface area (Å²) in [5.74, 6) is 0. The first kappa shape index (κ1) is 30.9. The van der Waals surface area contributed by atoms with E-state index in [2.05, 4.69) is 203 Å². The van der Waals surface area contributed by atoms with Crippen molar-refractivity contribution in [1.29, 1.82) is 5.26 Å². The Morgan fingerprint density at radius 2 is 0.792 bits per heavy atom. The summed E-state index contributed by atoms with van der Waals surface area (Å²) < 4.78 is 4.75. The molecule has 8 aromatic carbocycles. The average molecular weight is 692 g/mol. The molecule has 53 heavy (non-hydrogen) atoms. The molecule has 0 fully saturated rings. The number of para-hydroxylation sites is 3. The zero-order chi connectivity index (χ0) is 35.4. The van der Waals surface area contributed by atoms with Gasteiger partial charge in [-0.1, -0.05) is 140 Å². The lowest BCUT2D eigenvalue weighted by atomic mass is 10.1. The standard InChI is InChI=1S/C49H33N3Si/c50-34-35-24-31-48-45(32-35)43-21-11-13-23-47(43)51(48)37-25-27-40(28-26-37)53(38-16-6-2-7-17-38,39-18-8-3-9-19-39)41-29-30-44-42-20-10-12-22-46(42)52(49(44)33-41)36-14-4-1-5-15-36/h1-33H. The van der Waals surface area contributed by atoms with Crippen LogP contribution in [-0.2, 0) is 0 Å². The molecule has 10 rings (SSSR count). The van der Waals surface area contributed by atoms with Crippen LogP contribution in [0.2, 0.25) is 0 Å². The van der Waals surface area contributed by atoms with Crippen LogP contribution in [0.5, 0.6) is 0 Å². The van der Waals surface area contributed by atoms with Gasteiger partial charge >= 0.3 is 0 Å². The Balaban J connectivity index is 1.25. The van der Waals surface area contributed by atoms with Crippen molar-refractivity contribution in [1.82, 2.24) is 9.13 Å². The normalized spacial score (nSPS) is 11.8. The summed E-state index contributed by atoms with van der Waals surface area (Å²) >= 11 is 0. The number of benzene rings is 8. The molecule has 2 aromatic heterocycles. The van der Waals surface area contributed by atoms with Crippen LogP contribution in [0.4, 0.5) is 0 Å². The molecule has 0 radical (unpaired) electrons. The summed E-state index contributed by atoms with van der Waals surface area (Å²) in [6.45, 7) is 0. The molecule has 4 heteroatoms. The molecule has 0 atom stereocenters. The third-order valence-corrected chi connectivity index (χ3v) is 15.7. The van der Waals surface area contributed by atoms with Gasteiger partial charge in [0.2, 0.25) is 0 Å². The van der Waals surface area contributed by atoms with Gasteiger partial charge in [-0.3, -0.25) is 0 Å². The minimum atomic E-state index is -2.88. The first-order valence-corrected chi connectivity index (χ1v) is 20.0. The Labute approximate surface area is 308 Å². The summed E-state index contributed by atoms with van der Waals surface area (Å²) in [6.07, 6.45) is 0. The Bertz CT molecular complexity index is 2950. The maximum Gasteiger partial charge on any atom is 0.179 e. The Morgan fingerprint density at radius 3 is 1.42 bits per heavy atom. The molecule has 2 heterocycles. The van der Waals surface area contributed by atoms with E-state index in [9.17, 15) is 5.26 Å². The van der Waals surface area contributed by atoms with E-state index in [1.54, 1.807) is 0 Å². The van der Waals surface area contributed by atoms with E-state index in [1.165, 1.54) is 42.6 Å². The number of nitrogens with zero attached hydrogens (tertiary/aromatic N) is 3. The molecule has 0 aliphatic rings. The van der Waals surface area contributed by atoms with Crippen molar-refractivity contribution in [2.45, 2.75) is 0 Å². The van der Waals surface area contributed by atoms with E-state index in [1.807, 2.05) is 12.1 Å². The van der Waals surface area contributed by atoms with Crippen LogP contribution in [0, 0.1) is 11.3 Å². The maximum atomic E-state index is 9.70. The molecule has 3 nitrogen and oxygen atoms in total. The third kappa shape index (κ3) is 4.72. The van der Waals surface area contributed by atoms with Gasteiger partial charge in [-0.15, -0.1) is 0 Å². The molecular formula is C49H33N3Si. The zero-order valence-electron chi connectivity index (χ0n) is 28.9. The van der Waals surface area contributed by atoms with Gasteiger partial charge in [0.15, 0.2) is 8.07 Å². The van der Waals surface area contributed by atoms with Gasteiger partial charge < -0.3 is 9.13 Å². The summed E-state index contributed by atoms with van der Waals surface area (Å²) in [4.78, 5) is 0. The van der Waals surface area contributed by atoms with Crippen molar-refractivity contribution in [3.63, 3.8) is 0 Å². The molecule has 0 aliphatic heterocycles. The van der Waals surface area contributed by atoms with Crippen molar-refractivity contribution in [2.24, 2.45) is 0 Å². The Hall–Kier alpha value is -6.93. The molecular weight excluding hydrogens is 659 g/mol. The van der Waals surface area contributed by atoms with E-state index in [-0.39, 0.29) is 0 Å². The molecule has 0 aliphatic carbocycles. The minimum Gasteiger partial charge on any atom is -0.309 e. The first-order valence-electron chi connectivity index (χ1n) is 18.0. The SMILES string of the molecule is N#Cc1ccc2c(c1)c1ccccc1n2-c1ccc([Si](c2ccccc2)(c2ccccc2)c2ccc3c4ccccc4n(-c4ccccc4)c3c2)cc1. The number of rotatable bonds is 6. The predicted octanol–water partition coefficient (Wildman–Crippen LogP) is 9.13. The second-order valence-corrected chi connectivity index (χ2v) is 17.5. The second-order valence-electron chi connectivity index (χ2n) is 13.6. The van der Waals surface area contributed by atoms with Gasteiger partial charge in [-0.2, -0.15) is 5.26 Å². The van der Waals surface area contributed by atoms with Gasteiger partial charge in [-0.25, -0.2) is 0 Å². The fourth-order valence-corrected chi connectivity index (χ4v) is 13.4. The van der Waals surface area contributed by atoms with Gasteiger partial charge in [0.1, 0.15) is 0 Å². The van der Waals surface area contributed by atoms with Crippen LogP contribution < -0.4 is 20.7 Å². The lowest BCUT2D eigenvalue weighted by Gasteiger charge is -2.34. The fraction of sp³-hybridized carbons (Fsp3) is 0. The number of hydrogen-bond acceptors (Lipinski definition) is 1. The fourth-order valence-electron chi connectivity index (χ4n) is 8.62. The van der Waals surface area contributed by atoms with Crippen LogP contribution in [0.3, 0.4) is 0 Å². The summed E-state index contributed by atoms with van der Waals surface area (Å²) in [5.41, 5.74) is 7.53. The van der Waals surface area contributed by atoms with Crippen LogP contribution in [0.1, 0.15) is 5.56 Å². The summed E-state index contributed by atoms with van der Waals surface area (Å²) in [7, 11) is -2.88. The predicted molar refractivity (Wildman–Crippen MR) is 223 cm³/mol. The highest BCUT2D eigenvalue weighted by atomic mass is 28.3. The molecule has 0 unspecified atom stereocenters. The highest BCUT2D eigenvalue weighted by Gasteiger charge is 2.41. The van der Waals surface area contributed by atoms with E-state index in [4.69, 9.17) is 0 Å². The highest BCUT2D eigenvalue weighted by molar-refractivity contribution is 7.20. The number of fused-ring (bicyclic) bond motifs is 6. The Kier molecular flexibility index (Phi) is 7.21. The Morgan fingerprint density at radius 1 is 0.340 bits per heavy atom. The van der Waals surface area contributed by atoms with Crippen molar-refractivity contribution >= 4 is 72.4 Å². The van der Waals surface area contributed by atoms with Crippen LogP contribution in [-0.4, -0.2) is 17.2 Å². The second kappa shape index (κ2) is 12.4. The lowest BCUT2D eigenvalue weighted by Crippen LogP contribution is -2.74. The molecule has 0 bridgehead atoms. The van der Waals surface area contributed by atoms with Crippen molar-refractivity contribution in [3.05, 3.63) is 206 Å². The number of hydrogen-bond donors (Lipinski definition) is 0. The quantitative estimate of drug-likeness (QED) is 0.127. The lowest BCUT2D eigenvalue weighted by molar-refractivity contribution is 1.18. The van der Waals surface area contributed by atoms with E-state index < -0.39 is 8.07 Å². The molecule has 248 valence electrons. The van der Waals surface area contributed by atoms with Crippen LogP contribution in [0.15, 0.2) is 200 Å². The summed E-state index contributed by atoms with van der Waals surface area (Å²) in [5, 5.41) is 19.7.